The summed E-state index contributed by atoms with van der Waals surface area (Å²) in [7, 11) is 0. The van der Waals surface area contributed by atoms with Crippen molar-refractivity contribution in [2.75, 3.05) is 25.0 Å². The molecular weight excluding hydrogens is 392 g/mol. The largest absolute Gasteiger partial charge is 0.351 e. The molecule has 2 rings (SSSR count). The van der Waals surface area contributed by atoms with Gasteiger partial charge < -0.3 is 10.6 Å². The molecule has 0 aliphatic rings. The van der Waals surface area contributed by atoms with Gasteiger partial charge in [-0.25, -0.2) is 4.39 Å². The van der Waals surface area contributed by atoms with Gasteiger partial charge in [0.25, 0.3) is 0 Å². The van der Waals surface area contributed by atoms with E-state index in [0.717, 1.165) is 5.56 Å². The number of nitrogens with one attached hydrogen (secondary N) is 2. The minimum absolute atomic E-state index is 0.0311. The Morgan fingerprint density at radius 3 is 2.37 bits per heavy atom. The summed E-state index contributed by atoms with van der Waals surface area (Å²) in [5.41, 5.74) is 1.21. The molecule has 0 spiro atoms. The molecule has 0 bridgehead atoms. The van der Waals surface area contributed by atoms with Crippen LogP contribution >= 0.6 is 23.2 Å². The standard InChI is InChI=1S/C19H20Cl2FN3O2/c1-2-25(11-17(26)23-10-13-6-8-14(22)9-7-13)12-18(27)24-16-5-3-4-15(20)19(16)21/h3-9H,2,10-12H2,1H3,(H,23,26)(H,24,27). The summed E-state index contributed by atoms with van der Waals surface area (Å²) in [6.07, 6.45) is 0. The van der Waals surface area contributed by atoms with Crippen LogP contribution in [-0.4, -0.2) is 36.3 Å². The van der Waals surface area contributed by atoms with Gasteiger partial charge in [-0.1, -0.05) is 48.3 Å². The van der Waals surface area contributed by atoms with E-state index in [2.05, 4.69) is 10.6 Å². The van der Waals surface area contributed by atoms with Crippen LogP contribution in [0.3, 0.4) is 0 Å². The van der Waals surface area contributed by atoms with Gasteiger partial charge in [-0.15, -0.1) is 0 Å². The van der Waals surface area contributed by atoms with Crippen molar-refractivity contribution in [1.82, 2.24) is 10.2 Å². The number of anilines is 1. The van der Waals surface area contributed by atoms with Crippen molar-refractivity contribution in [2.45, 2.75) is 13.5 Å². The van der Waals surface area contributed by atoms with Crippen LogP contribution in [-0.2, 0) is 16.1 Å². The average molecular weight is 412 g/mol. The van der Waals surface area contributed by atoms with Crippen LogP contribution in [0.1, 0.15) is 12.5 Å². The second-order valence-electron chi connectivity index (χ2n) is 5.86. The summed E-state index contributed by atoms with van der Waals surface area (Å²) in [6, 6.07) is 10.9. The Balaban J connectivity index is 1.83. The molecule has 27 heavy (non-hydrogen) atoms. The zero-order valence-corrected chi connectivity index (χ0v) is 16.3. The third-order valence-corrected chi connectivity index (χ3v) is 4.63. The molecule has 144 valence electrons. The zero-order valence-electron chi connectivity index (χ0n) is 14.8. The van der Waals surface area contributed by atoms with E-state index in [4.69, 9.17) is 23.2 Å². The SMILES string of the molecule is CCN(CC(=O)NCc1ccc(F)cc1)CC(=O)Nc1cccc(Cl)c1Cl. The molecule has 0 aromatic heterocycles. The Kier molecular flexibility index (Phi) is 8.03. The maximum Gasteiger partial charge on any atom is 0.238 e. The van der Waals surface area contributed by atoms with Gasteiger partial charge in [0.2, 0.25) is 11.8 Å². The molecular formula is C19H20Cl2FN3O2. The molecule has 8 heteroatoms. The summed E-state index contributed by atoms with van der Waals surface area (Å²) in [5.74, 6) is -0.852. The predicted molar refractivity (Wildman–Crippen MR) is 105 cm³/mol. The highest BCUT2D eigenvalue weighted by Gasteiger charge is 2.14. The molecule has 0 aliphatic carbocycles. The molecule has 2 aromatic rings. The number of carbonyl (C=O) groups is 2. The van der Waals surface area contributed by atoms with Gasteiger partial charge in [0.1, 0.15) is 5.82 Å². The van der Waals surface area contributed by atoms with Crippen molar-refractivity contribution in [1.29, 1.82) is 0 Å². The van der Waals surface area contributed by atoms with Gasteiger partial charge in [-0.3, -0.25) is 14.5 Å². The fourth-order valence-electron chi connectivity index (χ4n) is 2.33. The molecule has 5 nitrogen and oxygen atoms in total. The van der Waals surface area contributed by atoms with Gasteiger partial charge in [-0.05, 0) is 36.4 Å². The van der Waals surface area contributed by atoms with Gasteiger partial charge >= 0.3 is 0 Å². The summed E-state index contributed by atoms with van der Waals surface area (Å²) in [4.78, 5) is 26.0. The van der Waals surface area contributed by atoms with E-state index in [-0.39, 0.29) is 35.7 Å². The highest BCUT2D eigenvalue weighted by atomic mass is 35.5. The third kappa shape index (κ3) is 6.82. The third-order valence-electron chi connectivity index (χ3n) is 3.81. The second-order valence-corrected chi connectivity index (χ2v) is 6.64. The lowest BCUT2D eigenvalue weighted by molar-refractivity contribution is -0.123. The molecule has 0 aliphatic heterocycles. The van der Waals surface area contributed by atoms with Crippen molar-refractivity contribution >= 4 is 40.7 Å². The lowest BCUT2D eigenvalue weighted by Gasteiger charge is -2.19. The molecule has 0 unspecified atom stereocenters. The molecule has 0 saturated carbocycles. The van der Waals surface area contributed by atoms with E-state index >= 15 is 0 Å². The summed E-state index contributed by atoms with van der Waals surface area (Å²) < 4.78 is 12.9. The van der Waals surface area contributed by atoms with Crippen molar-refractivity contribution in [3.05, 3.63) is 63.9 Å². The molecule has 2 N–H and O–H groups in total. The van der Waals surface area contributed by atoms with Crippen LogP contribution in [0.2, 0.25) is 10.0 Å². The summed E-state index contributed by atoms with van der Waals surface area (Å²) in [5, 5.41) is 6.06. The number of likely N-dealkylation sites (N-methyl/N-ethyl adjacent to an activating group) is 1. The Bertz CT molecular complexity index is 800. The van der Waals surface area contributed by atoms with E-state index in [1.807, 2.05) is 6.92 Å². The number of carbonyl (C=O) groups excluding carboxylic acids is 2. The van der Waals surface area contributed by atoms with Crippen LogP contribution in [0.25, 0.3) is 0 Å². The number of benzene rings is 2. The maximum absolute atomic E-state index is 12.9. The Labute approximate surface area is 167 Å². The van der Waals surface area contributed by atoms with E-state index in [9.17, 15) is 14.0 Å². The lowest BCUT2D eigenvalue weighted by Crippen LogP contribution is -2.40. The highest BCUT2D eigenvalue weighted by Crippen LogP contribution is 2.29. The number of rotatable bonds is 8. The van der Waals surface area contributed by atoms with Crippen molar-refractivity contribution < 1.29 is 14.0 Å². The highest BCUT2D eigenvalue weighted by molar-refractivity contribution is 6.44. The first-order chi connectivity index (χ1) is 12.9. The van der Waals surface area contributed by atoms with Gasteiger partial charge in [0, 0.05) is 6.54 Å². The van der Waals surface area contributed by atoms with Crippen molar-refractivity contribution in [3.8, 4) is 0 Å². The summed E-state index contributed by atoms with van der Waals surface area (Å²) in [6.45, 7) is 2.76. The molecule has 0 saturated heterocycles. The smallest absolute Gasteiger partial charge is 0.238 e. The molecule has 0 heterocycles. The minimum atomic E-state index is -0.326. The number of halogens is 3. The minimum Gasteiger partial charge on any atom is -0.351 e. The second kappa shape index (κ2) is 10.3. The monoisotopic (exact) mass is 411 g/mol. The van der Waals surface area contributed by atoms with Crippen molar-refractivity contribution in [2.24, 2.45) is 0 Å². The predicted octanol–water partition coefficient (Wildman–Crippen LogP) is 3.71. The van der Waals surface area contributed by atoms with Crippen molar-refractivity contribution in [3.63, 3.8) is 0 Å². The molecule has 0 atom stereocenters. The number of hydrogen-bond donors (Lipinski definition) is 2. The van der Waals surface area contributed by atoms with Crippen LogP contribution < -0.4 is 10.6 Å². The van der Waals surface area contributed by atoms with Crippen LogP contribution in [0.5, 0.6) is 0 Å². The lowest BCUT2D eigenvalue weighted by atomic mass is 10.2. The quantitative estimate of drug-likeness (QED) is 0.695. The van der Waals surface area contributed by atoms with E-state index in [1.165, 1.54) is 12.1 Å². The first-order valence-electron chi connectivity index (χ1n) is 8.36. The van der Waals surface area contributed by atoms with Gasteiger partial charge in [-0.2, -0.15) is 0 Å². The Morgan fingerprint density at radius 1 is 1.04 bits per heavy atom. The van der Waals surface area contributed by atoms with Gasteiger partial charge in [0.15, 0.2) is 0 Å². The van der Waals surface area contributed by atoms with Gasteiger partial charge in [0.05, 0.1) is 28.8 Å². The summed E-state index contributed by atoms with van der Waals surface area (Å²) >= 11 is 12.0. The molecule has 0 fully saturated rings. The fourth-order valence-corrected chi connectivity index (χ4v) is 2.68. The van der Waals surface area contributed by atoms with Crippen LogP contribution in [0.15, 0.2) is 42.5 Å². The molecule has 2 amide bonds. The number of amides is 2. The first kappa shape index (κ1) is 21.2. The van der Waals surface area contributed by atoms with E-state index in [0.29, 0.717) is 23.8 Å². The topological polar surface area (TPSA) is 61.4 Å². The maximum atomic E-state index is 12.9. The van der Waals surface area contributed by atoms with E-state index < -0.39 is 0 Å². The fraction of sp³-hybridized carbons (Fsp3) is 0.263. The van der Waals surface area contributed by atoms with E-state index in [1.54, 1.807) is 35.2 Å². The Hall–Kier alpha value is -2.15. The number of hydrogen-bond acceptors (Lipinski definition) is 3. The first-order valence-corrected chi connectivity index (χ1v) is 9.12. The molecule has 0 radical (unpaired) electrons. The number of nitrogens with zero attached hydrogens (tertiary/aromatic N) is 1. The van der Waals surface area contributed by atoms with Crippen LogP contribution in [0, 0.1) is 5.82 Å². The normalized spacial score (nSPS) is 10.7. The molecule has 2 aromatic carbocycles. The average Bonchev–Trinajstić information content (AvgIpc) is 2.64. The zero-order chi connectivity index (χ0) is 19.8. The Morgan fingerprint density at radius 2 is 1.70 bits per heavy atom. The van der Waals surface area contributed by atoms with Crippen LogP contribution in [0.4, 0.5) is 10.1 Å².